The molecule has 0 aliphatic carbocycles. The van der Waals surface area contributed by atoms with Crippen LogP contribution in [0.4, 0.5) is 11.4 Å². The second-order valence-electron chi connectivity index (χ2n) is 5.28. The first-order valence-corrected chi connectivity index (χ1v) is 7.08. The fourth-order valence-corrected chi connectivity index (χ4v) is 1.70. The van der Waals surface area contributed by atoms with Gasteiger partial charge in [0.2, 0.25) is 0 Å². The Morgan fingerprint density at radius 1 is 1.14 bits per heavy atom. The van der Waals surface area contributed by atoms with E-state index in [0.717, 1.165) is 0 Å². The van der Waals surface area contributed by atoms with Gasteiger partial charge in [-0.2, -0.15) is 0 Å². The molecule has 1 unspecified atom stereocenters. The summed E-state index contributed by atoms with van der Waals surface area (Å²) in [6.45, 7) is 3.24. The van der Waals surface area contributed by atoms with Crippen LogP contribution in [0.25, 0.3) is 0 Å². The minimum atomic E-state index is -1.38. The summed E-state index contributed by atoms with van der Waals surface area (Å²) in [6.07, 6.45) is 0.344. The van der Waals surface area contributed by atoms with Gasteiger partial charge in [-0.15, -0.1) is 0 Å². The maximum atomic E-state index is 11.9. The second-order valence-corrected chi connectivity index (χ2v) is 5.28. The smallest absolute Gasteiger partial charge is 0.256 e. The largest absolute Gasteiger partial charge is 0.457 e. The van der Waals surface area contributed by atoms with E-state index in [1.165, 1.54) is 6.92 Å². The average Bonchev–Trinajstić information content (AvgIpc) is 2.51. The van der Waals surface area contributed by atoms with Crippen molar-refractivity contribution in [1.82, 2.24) is 0 Å². The molecule has 5 heteroatoms. The third kappa shape index (κ3) is 3.99. The number of rotatable bonds is 5. The Hall–Kier alpha value is -2.53. The molecule has 2 rings (SSSR count). The van der Waals surface area contributed by atoms with Gasteiger partial charge in [0.05, 0.1) is 0 Å². The molecule has 1 amide bonds. The van der Waals surface area contributed by atoms with Crippen molar-refractivity contribution in [3.8, 4) is 11.5 Å². The molecular formula is C17H20N2O3. The summed E-state index contributed by atoms with van der Waals surface area (Å²) in [5, 5.41) is 12.5. The standard InChI is InChI=1S/C17H20N2O3/c1-3-17(2,21)16(20)19-13-6-10-15(11-7-13)22-14-8-4-12(18)5-9-14/h4-11,21H,3,18H2,1-2H3,(H,19,20). The summed E-state index contributed by atoms with van der Waals surface area (Å²) in [7, 11) is 0. The SMILES string of the molecule is CCC(C)(O)C(=O)Nc1ccc(Oc2ccc(N)cc2)cc1. The van der Waals surface area contributed by atoms with Crippen molar-refractivity contribution in [2.45, 2.75) is 25.9 Å². The van der Waals surface area contributed by atoms with Crippen molar-refractivity contribution in [1.29, 1.82) is 0 Å². The van der Waals surface area contributed by atoms with Crippen molar-refractivity contribution < 1.29 is 14.6 Å². The number of carbonyl (C=O) groups is 1. The predicted molar refractivity (Wildman–Crippen MR) is 86.9 cm³/mol. The summed E-state index contributed by atoms with van der Waals surface area (Å²) < 4.78 is 5.66. The van der Waals surface area contributed by atoms with E-state index >= 15 is 0 Å². The first-order valence-electron chi connectivity index (χ1n) is 7.08. The minimum Gasteiger partial charge on any atom is -0.457 e. The van der Waals surface area contributed by atoms with Gasteiger partial charge in [-0.1, -0.05) is 6.92 Å². The number of hydrogen-bond donors (Lipinski definition) is 3. The third-order valence-corrected chi connectivity index (χ3v) is 3.41. The van der Waals surface area contributed by atoms with Crippen LogP contribution in [-0.4, -0.2) is 16.6 Å². The molecule has 22 heavy (non-hydrogen) atoms. The number of hydrogen-bond acceptors (Lipinski definition) is 4. The molecule has 0 radical (unpaired) electrons. The van der Waals surface area contributed by atoms with E-state index in [4.69, 9.17) is 10.5 Å². The van der Waals surface area contributed by atoms with E-state index in [0.29, 0.717) is 29.3 Å². The van der Waals surface area contributed by atoms with Gasteiger partial charge in [0, 0.05) is 11.4 Å². The van der Waals surface area contributed by atoms with Gasteiger partial charge in [0.25, 0.3) is 5.91 Å². The van der Waals surface area contributed by atoms with Gasteiger partial charge in [-0.05, 0) is 61.9 Å². The summed E-state index contributed by atoms with van der Waals surface area (Å²) >= 11 is 0. The van der Waals surface area contributed by atoms with Crippen LogP contribution in [-0.2, 0) is 4.79 Å². The van der Waals surface area contributed by atoms with Crippen molar-refractivity contribution in [2.75, 3.05) is 11.1 Å². The molecule has 0 aliphatic rings. The zero-order chi connectivity index (χ0) is 16.2. The van der Waals surface area contributed by atoms with Crippen molar-refractivity contribution >= 4 is 17.3 Å². The highest BCUT2D eigenvalue weighted by atomic mass is 16.5. The van der Waals surface area contributed by atoms with Gasteiger partial charge < -0.3 is 20.9 Å². The monoisotopic (exact) mass is 300 g/mol. The zero-order valence-corrected chi connectivity index (χ0v) is 12.7. The normalized spacial score (nSPS) is 13.2. The van der Waals surface area contributed by atoms with Gasteiger partial charge in [0.1, 0.15) is 17.1 Å². The van der Waals surface area contributed by atoms with Crippen molar-refractivity contribution in [2.24, 2.45) is 0 Å². The molecular weight excluding hydrogens is 280 g/mol. The molecule has 0 heterocycles. The molecule has 0 saturated carbocycles. The Morgan fingerprint density at radius 2 is 1.64 bits per heavy atom. The lowest BCUT2D eigenvalue weighted by atomic mass is 10.0. The number of nitrogens with one attached hydrogen (secondary N) is 1. The Balaban J connectivity index is 2.01. The predicted octanol–water partition coefficient (Wildman–Crippen LogP) is 3.16. The number of amides is 1. The van der Waals surface area contributed by atoms with Crippen LogP contribution in [0, 0.1) is 0 Å². The lowest BCUT2D eigenvalue weighted by Gasteiger charge is -2.20. The quantitative estimate of drug-likeness (QED) is 0.740. The molecule has 2 aromatic rings. The van der Waals surface area contributed by atoms with Gasteiger partial charge >= 0.3 is 0 Å². The first kappa shape index (κ1) is 15.9. The van der Waals surface area contributed by atoms with Crippen LogP contribution in [0.3, 0.4) is 0 Å². The lowest BCUT2D eigenvalue weighted by molar-refractivity contribution is -0.132. The highest BCUT2D eigenvalue weighted by molar-refractivity contribution is 5.96. The minimum absolute atomic E-state index is 0.344. The van der Waals surface area contributed by atoms with Gasteiger partial charge in [-0.25, -0.2) is 0 Å². The van der Waals surface area contributed by atoms with Crippen molar-refractivity contribution in [3.63, 3.8) is 0 Å². The number of carbonyl (C=O) groups excluding carboxylic acids is 1. The number of anilines is 2. The second kappa shape index (κ2) is 6.49. The molecule has 0 spiro atoms. The molecule has 2 aromatic carbocycles. The van der Waals surface area contributed by atoms with E-state index in [-0.39, 0.29) is 0 Å². The van der Waals surface area contributed by atoms with E-state index in [9.17, 15) is 9.90 Å². The highest BCUT2D eigenvalue weighted by Gasteiger charge is 2.27. The Kier molecular flexibility index (Phi) is 4.68. The number of nitrogens with two attached hydrogens (primary N) is 1. The average molecular weight is 300 g/mol. The van der Waals surface area contributed by atoms with Crippen LogP contribution < -0.4 is 15.8 Å². The van der Waals surface area contributed by atoms with Gasteiger partial charge in [0.15, 0.2) is 0 Å². The van der Waals surface area contributed by atoms with Crippen LogP contribution in [0.5, 0.6) is 11.5 Å². The van der Waals surface area contributed by atoms with Crippen molar-refractivity contribution in [3.05, 3.63) is 48.5 Å². The maximum Gasteiger partial charge on any atom is 0.256 e. The highest BCUT2D eigenvalue weighted by Crippen LogP contribution is 2.24. The third-order valence-electron chi connectivity index (χ3n) is 3.41. The summed E-state index contributed by atoms with van der Waals surface area (Å²) in [6, 6.07) is 14.0. The van der Waals surface area contributed by atoms with Crippen LogP contribution in [0.15, 0.2) is 48.5 Å². The summed E-state index contributed by atoms with van der Waals surface area (Å²) in [5.74, 6) is 0.895. The topological polar surface area (TPSA) is 84.6 Å². The fraction of sp³-hybridized carbons (Fsp3) is 0.235. The Bertz CT molecular complexity index is 634. The van der Waals surface area contributed by atoms with E-state index in [1.54, 1.807) is 55.5 Å². The molecule has 0 bridgehead atoms. The molecule has 1 atom stereocenters. The van der Waals surface area contributed by atoms with Crippen LogP contribution in [0.1, 0.15) is 20.3 Å². The first-order chi connectivity index (χ1) is 10.4. The zero-order valence-electron chi connectivity index (χ0n) is 12.7. The van der Waals surface area contributed by atoms with E-state index in [1.807, 2.05) is 0 Å². The molecule has 0 aliphatic heterocycles. The van der Waals surface area contributed by atoms with Crippen LogP contribution >= 0.6 is 0 Å². The molecule has 116 valence electrons. The maximum absolute atomic E-state index is 11.9. The number of nitrogen functional groups attached to an aromatic ring is 1. The summed E-state index contributed by atoms with van der Waals surface area (Å²) in [4.78, 5) is 11.9. The lowest BCUT2D eigenvalue weighted by Crippen LogP contribution is -2.39. The molecule has 4 N–H and O–H groups in total. The number of ether oxygens (including phenoxy) is 1. The molecule has 0 fully saturated rings. The molecule has 5 nitrogen and oxygen atoms in total. The summed E-state index contributed by atoms with van der Waals surface area (Å²) in [5.41, 5.74) is 5.52. The number of aliphatic hydroxyl groups is 1. The van der Waals surface area contributed by atoms with Gasteiger partial charge in [-0.3, -0.25) is 4.79 Å². The Labute approximate surface area is 129 Å². The fourth-order valence-electron chi connectivity index (χ4n) is 1.70. The van der Waals surface area contributed by atoms with Crippen LogP contribution in [0.2, 0.25) is 0 Å². The molecule has 0 aromatic heterocycles. The van der Waals surface area contributed by atoms with E-state index in [2.05, 4.69) is 5.32 Å². The van der Waals surface area contributed by atoms with E-state index < -0.39 is 11.5 Å². The Morgan fingerprint density at radius 3 is 2.14 bits per heavy atom. The number of benzene rings is 2. The molecule has 0 saturated heterocycles.